The van der Waals surface area contributed by atoms with Crippen molar-refractivity contribution in [1.29, 1.82) is 5.26 Å². The van der Waals surface area contributed by atoms with Crippen LogP contribution < -0.4 is 4.90 Å². The highest BCUT2D eigenvalue weighted by atomic mass is 16.3. The number of amides is 1. The van der Waals surface area contributed by atoms with Gasteiger partial charge in [-0.15, -0.1) is 0 Å². The van der Waals surface area contributed by atoms with Crippen LogP contribution in [-0.2, 0) is 0 Å². The minimum absolute atomic E-state index is 0.252. The molecule has 0 radical (unpaired) electrons. The first-order chi connectivity index (χ1) is 9.22. The summed E-state index contributed by atoms with van der Waals surface area (Å²) in [6.45, 7) is 0. The molecule has 0 aliphatic carbocycles. The van der Waals surface area contributed by atoms with Crippen LogP contribution in [0.3, 0.4) is 0 Å². The van der Waals surface area contributed by atoms with Gasteiger partial charge in [-0.05, 0) is 24.3 Å². The molecule has 1 N–H and O–H groups in total. The van der Waals surface area contributed by atoms with Crippen molar-refractivity contribution in [3.05, 3.63) is 65.2 Å². The Morgan fingerprint density at radius 3 is 2.68 bits per heavy atom. The molecule has 4 nitrogen and oxygen atoms in total. The molecule has 1 atom stereocenters. The largest absolute Gasteiger partial charge is 0.369 e. The summed E-state index contributed by atoms with van der Waals surface area (Å²) in [7, 11) is 0. The fourth-order valence-corrected chi connectivity index (χ4v) is 2.28. The summed E-state index contributed by atoms with van der Waals surface area (Å²) in [5, 5.41) is 19.1. The van der Waals surface area contributed by atoms with Crippen molar-refractivity contribution in [1.82, 2.24) is 0 Å². The Hall–Kier alpha value is -2.64. The fourth-order valence-electron chi connectivity index (χ4n) is 2.28. The van der Waals surface area contributed by atoms with Gasteiger partial charge in [-0.2, -0.15) is 5.26 Å². The fraction of sp³-hybridized carbons (Fsp3) is 0.0667. The van der Waals surface area contributed by atoms with Crippen LogP contribution in [0.25, 0.3) is 0 Å². The van der Waals surface area contributed by atoms with Gasteiger partial charge >= 0.3 is 0 Å². The number of rotatable bonds is 1. The molecule has 1 amide bonds. The first kappa shape index (κ1) is 11.5. The molecule has 0 aromatic heterocycles. The number of aliphatic hydroxyl groups excluding tert-OH is 1. The molecular weight excluding hydrogens is 240 g/mol. The van der Waals surface area contributed by atoms with E-state index in [4.69, 9.17) is 5.26 Å². The third-order valence-corrected chi connectivity index (χ3v) is 3.19. The highest BCUT2D eigenvalue weighted by molar-refractivity contribution is 6.10. The molecule has 1 aliphatic heterocycles. The van der Waals surface area contributed by atoms with Crippen LogP contribution in [0.15, 0.2) is 48.5 Å². The molecule has 0 bridgehead atoms. The van der Waals surface area contributed by atoms with Gasteiger partial charge in [0, 0.05) is 16.8 Å². The molecular formula is C15H10N2O2. The second kappa shape index (κ2) is 4.23. The smallest absolute Gasteiger partial charge is 0.261 e. The van der Waals surface area contributed by atoms with Gasteiger partial charge in [0.15, 0.2) is 6.23 Å². The summed E-state index contributed by atoms with van der Waals surface area (Å²) in [5.74, 6) is -0.252. The maximum absolute atomic E-state index is 12.3. The minimum atomic E-state index is -1.00. The summed E-state index contributed by atoms with van der Waals surface area (Å²) in [5.41, 5.74) is 2.06. The number of nitriles is 1. The number of fused-ring (bicyclic) bond motifs is 1. The summed E-state index contributed by atoms with van der Waals surface area (Å²) in [4.78, 5) is 13.6. The van der Waals surface area contributed by atoms with E-state index in [1.165, 1.54) is 4.90 Å². The second-order valence-electron chi connectivity index (χ2n) is 4.30. The monoisotopic (exact) mass is 250 g/mol. The standard InChI is InChI=1S/C15H10N2O2/c16-9-10-4-3-5-11(8-10)17-14(18)12-6-1-2-7-13(12)15(17)19/h1-8,14,18H. The molecule has 1 unspecified atom stereocenters. The lowest BCUT2D eigenvalue weighted by molar-refractivity contribution is 0.0935. The van der Waals surface area contributed by atoms with E-state index in [2.05, 4.69) is 0 Å². The predicted molar refractivity (Wildman–Crippen MR) is 69.4 cm³/mol. The van der Waals surface area contributed by atoms with Crippen molar-refractivity contribution in [3.63, 3.8) is 0 Å². The van der Waals surface area contributed by atoms with Crippen molar-refractivity contribution in [2.45, 2.75) is 6.23 Å². The van der Waals surface area contributed by atoms with E-state index in [0.717, 1.165) is 0 Å². The third-order valence-electron chi connectivity index (χ3n) is 3.19. The van der Waals surface area contributed by atoms with Crippen LogP contribution in [0, 0.1) is 11.3 Å². The Morgan fingerprint density at radius 1 is 1.16 bits per heavy atom. The number of aliphatic hydroxyl groups is 1. The molecule has 4 heteroatoms. The van der Waals surface area contributed by atoms with Gasteiger partial charge in [0.1, 0.15) is 0 Å². The molecule has 19 heavy (non-hydrogen) atoms. The lowest BCUT2D eigenvalue weighted by atomic mass is 10.1. The van der Waals surface area contributed by atoms with Crippen molar-refractivity contribution < 1.29 is 9.90 Å². The SMILES string of the molecule is N#Cc1cccc(N2C(=O)c3ccccc3C2O)c1. The van der Waals surface area contributed by atoms with E-state index < -0.39 is 6.23 Å². The Morgan fingerprint density at radius 2 is 1.95 bits per heavy atom. The number of nitrogens with zero attached hydrogens (tertiary/aromatic N) is 2. The van der Waals surface area contributed by atoms with Gasteiger partial charge < -0.3 is 5.11 Å². The number of carbonyl (C=O) groups is 1. The zero-order valence-corrected chi connectivity index (χ0v) is 9.95. The number of benzene rings is 2. The number of anilines is 1. The Bertz CT molecular complexity index is 703. The average Bonchev–Trinajstić information content (AvgIpc) is 2.72. The molecule has 0 spiro atoms. The zero-order valence-electron chi connectivity index (χ0n) is 9.95. The van der Waals surface area contributed by atoms with Gasteiger partial charge in [-0.1, -0.05) is 24.3 Å². The quantitative estimate of drug-likeness (QED) is 0.843. The van der Waals surface area contributed by atoms with Crippen molar-refractivity contribution in [2.24, 2.45) is 0 Å². The summed E-state index contributed by atoms with van der Waals surface area (Å²) in [6.07, 6.45) is -1.00. The van der Waals surface area contributed by atoms with Gasteiger partial charge in [-0.25, -0.2) is 0 Å². The molecule has 0 saturated carbocycles. The highest BCUT2D eigenvalue weighted by Crippen LogP contribution is 2.35. The van der Waals surface area contributed by atoms with Crippen LogP contribution in [0.2, 0.25) is 0 Å². The van der Waals surface area contributed by atoms with Crippen molar-refractivity contribution in [2.75, 3.05) is 4.90 Å². The zero-order chi connectivity index (χ0) is 13.4. The first-order valence-electron chi connectivity index (χ1n) is 5.83. The highest BCUT2D eigenvalue weighted by Gasteiger charge is 2.36. The van der Waals surface area contributed by atoms with Gasteiger partial charge in [0.05, 0.1) is 11.6 Å². The second-order valence-corrected chi connectivity index (χ2v) is 4.30. The molecule has 2 aromatic rings. The van der Waals surface area contributed by atoms with Crippen LogP contribution >= 0.6 is 0 Å². The normalized spacial score (nSPS) is 17.2. The summed E-state index contributed by atoms with van der Waals surface area (Å²) < 4.78 is 0. The van der Waals surface area contributed by atoms with Crippen LogP contribution in [0.4, 0.5) is 5.69 Å². The average molecular weight is 250 g/mol. The Kier molecular flexibility index (Phi) is 2.55. The molecule has 1 heterocycles. The molecule has 0 fully saturated rings. The Labute approximate surface area is 110 Å². The van der Waals surface area contributed by atoms with E-state index in [1.807, 2.05) is 6.07 Å². The van der Waals surface area contributed by atoms with E-state index in [-0.39, 0.29) is 5.91 Å². The van der Waals surface area contributed by atoms with Crippen LogP contribution in [0.1, 0.15) is 27.7 Å². The predicted octanol–water partition coefficient (Wildman–Crippen LogP) is 2.21. The maximum atomic E-state index is 12.3. The molecule has 3 rings (SSSR count). The van der Waals surface area contributed by atoms with E-state index in [1.54, 1.807) is 48.5 Å². The van der Waals surface area contributed by atoms with E-state index >= 15 is 0 Å². The number of hydrogen-bond acceptors (Lipinski definition) is 3. The topological polar surface area (TPSA) is 64.3 Å². The van der Waals surface area contributed by atoms with Gasteiger partial charge in [0.2, 0.25) is 0 Å². The van der Waals surface area contributed by atoms with Crippen LogP contribution in [0.5, 0.6) is 0 Å². The molecule has 0 saturated heterocycles. The first-order valence-corrected chi connectivity index (χ1v) is 5.83. The summed E-state index contributed by atoms with van der Waals surface area (Å²) >= 11 is 0. The van der Waals surface area contributed by atoms with Crippen molar-refractivity contribution >= 4 is 11.6 Å². The van der Waals surface area contributed by atoms with Crippen molar-refractivity contribution in [3.8, 4) is 6.07 Å². The lowest BCUT2D eigenvalue weighted by Crippen LogP contribution is -2.27. The van der Waals surface area contributed by atoms with E-state index in [9.17, 15) is 9.90 Å². The number of hydrogen-bond donors (Lipinski definition) is 1. The molecule has 1 aliphatic rings. The molecule has 92 valence electrons. The molecule has 2 aromatic carbocycles. The van der Waals surface area contributed by atoms with E-state index in [0.29, 0.717) is 22.4 Å². The van der Waals surface area contributed by atoms with Crippen LogP contribution in [-0.4, -0.2) is 11.0 Å². The van der Waals surface area contributed by atoms with Gasteiger partial charge in [0.25, 0.3) is 5.91 Å². The summed E-state index contributed by atoms with van der Waals surface area (Å²) in [6, 6.07) is 15.6. The maximum Gasteiger partial charge on any atom is 0.261 e. The third kappa shape index (κ3) is 1.68. The minimum Gasteiger partial charge on any atom is -0.369 e. The number of carbonyl (C=O) groups excluding carboxylic acids is 1. The Balaban J connectivity index is 2.09. The van der Waals surface area contributed by atoms with Gasteiger partial charge in [-0.3, -0.25) is 9.69 Å². The lowest BCUT2D eigenvalue weighted by Gasteiger charge is -2.21.